The van der Waals surface area contributed by atoms with E-state index < -0.39 is 0 Å². The quantitative estimate of drug-likeness (QED) is 0.571. The molecule has 0 saturated carbocycles. The number of aromatic nitrogens is 4. The topological polar surface area (TPSA) is 64.3 Å². The lowest BCUT2D eigenvalue weighted by molar-refractivity contribution is 0.134. The Labute approximate surface area is 151 Å². The number of nitrogens with one attached hydrogen (secondary N) is 1. The number of benzene rings is 2. The van der Waals surface area contributed by atoms with Crippen LogP contribution in [-0.2, 0) is 11.3 Å². The first-order chi connectivity index (χ1) is 12.8. The molecule has 26 heavy (non-hydrogen) atoms. The second kappa shape index (κ2) is 7.33. The van der Waals surface area contributed by atoms with Gasteiger partial charge in [0, 0.05) is 23.9 Å². The molecule has 2 aromatic heterocycles. The fraction of sp³-hybridized carbons (Fsp3) is 0.150. The standard InChI is InChI=1S/C20H19N5O/c1-2-26-13-15-7-6-10-17(11-15)23-19-12-18(16-8-4-3-5-9-16)24-20-21-14-22-25(19)20/h3-12,14,23H,2,13H2,1H3. The van der Waals surface area contributed by atoms with E-state index in [1.807, 2.05) is 61.5 Å². The van der Waals surface area contributed by atoms with Gasteiger partial charge in [0.1, 0.15) is 12.1 Å². The van der Waals surface area contributed by atoms with Gasteiger partial charge in [-0.3, -0.25) is 0 Å². The van der Waals surface area contributed by atoms with E-state index in [-0.39, 0.29) is 0 Å². The lowest BCUT2D eigenvalue weighted by Gasteiger charge is -2.11. The Morgan fingerprint density at radius 1 is 1.04 bits per heavy atom. The molecule has 2 aromatic carbocycles. The number of fused-ring (bicyclic) bond motifs is 1. The largest absolute Gasteiger partial charge is 0.377 e. The van der Waals surface area contributed by atoms with Gasteiger partial charge < -0.3 is 10.1 Å². The molecule has 0 bridgehead atoms. The molecule has 0 amide bonds. The van der Waals surface area contributed by atoms with E-state index in [2.05, 4.69) is 26.4 Å². The Bertz CT molecular complexity index is 1010. The highest BCUT2D eigenvalue weighted by Gasteiger charge is 2.09. The van der Waals surface area contributed by atoms with Crippen molar-refractivity contribution in [1.29, 1.82) is 0 Å². The van der Waals surface area contributed by atoms with Crippen LogP contribution in [0.3, 0.4) is 0 Å². The van der Waals surface area contributed by atoms with Crippen molar-refractivity contribution in [3.8, 4) is 11.3 Å². The predicted molar refractivity (Wildman–Crippen MR) is 101 cm³/mol. The van der Waals surface area contributed by atoms with Crippen molar-refractivity contribution in [2.24, 2.45) is 0 Å². The second-order valence-corrected chi connectivity index (χ2v) is 5.83. The van der Waals surface area contributed by atoms with Crippen molar-refractivity contribution in [3.63, 3.8) is 0 Å². The molecule has 0 atom stereocenters. The molecule has 0 radical (unpaired) electrons. The number of ether oxygens (including phenoxy) is 1. The lowest BCUT2D eigenvalue weighted by Crippen LogP contribution is -2.03. The number of rotatable bonds is 6. The summed E-state index contributed by atoms with van der Waals surface area (Å²) < 4.78 is 7.19. The molecule has 130 valence electrons. The van der Waals surface area contributed by atoms with E-state index in [1.165, 1.54) is 6.33 Å². The number of hydrogen-bond acceptors (Lipinski definition) is 5. The Balaban J connectivity index is 1.71. The zero-order valence-electron chi connectivity index (χ0n) is 14.5. The van der Waals surface area contributed by atoms with Crippen LogP contribution in [0.2, 0.25) is 0 Å². The molecule has 0 aliphatic carbocycles. The first-order valence-electron chi connectivity index (χ1n) is 8.53. The van der Waals surface area contributed by atoms with Crippen LogP contribution in [0.15, 0.2) is 67.0 Å². The summed E-state index contributed by atoms with van der Waals surface area (Å²) in [6.07, 6.45) is 1.51. The van der Waals surface area contributed by atoms with Crippen molar-refractivity contribution in [1.82, 2.24) is 19.6 Å². The summed E-state index contributed by atoms with van der Waals surface area (Å²) >= 11 is 0. The van der Waals surface area contributed by atoms with E-state index in [1.54, 1.807) is 4.52 Å². The van der Waals surface area contributed by atoms with E-state index in [0.717, 1.165) is 28.3 Å². The molecule has 6 heteroatoms. The minimum absolute atomic E-state index is 0.555. The van der Waals surface area contributed by atoms with Crippen molar-refractivity contribution >= 4 is 17.3 Å². The molecule has 6 nitrogen and oxygen atoms in total. The predicted octanol–water partition coefficient (Wildman–Crippen LogP) is 4.07. The van der Waals surface area contributed by atoms with E-state index >= 15 is 0 Å². The summed E-state index contributed by atoms with van der Waals surface area (Å²) in [4.78, 5) is 8.84. The highest BCUT2D eigenvalue weighted by molar-refractivity contribution is 5.68. The van der Waals surface area contributed by atoms with Crippen LogP contribution < -0.4 is 5.32 Å². The number of anilines is 2. The smallest absolute Gasteiger partial charge is 0.254 e. The maximum Gasteiger partial charge on any atom is 0.254 e. The van der Waals surface area contributed by atoms with E-state index in [9.17, 15) is 0 Å². The van der Waals surface area contributed by atoms with Crippen LogP contribution in [0, 0.1) is 0 Å². The molecule has 4 aromatic rings. The second-order valence-electron chi connectivity index (χ2n) is 5.83. The van der Waals surface area contributed by atoms with Gasteiger partial charge in [0.15, 0.2) is 0 Å². The van der Waals surface area contributed by atoms with Gasteiger partial charge in [0.25, 0.3) is 5.78 Å². The highest BCUT2D eigenvalue weighted by atomic mass is 16.5. The molecule has 0 aliphatic heterocycles. The van der Waals surface area contributed by atoms with Crippen molar-refractivity contribution in [2.45, 2.75) is 13.5 Å². The zero-order chi connectivity index (χ0) is 17.8. The molecule has 1 N–H and O–H groups in total. The van der Waals surface area contributed by atoms with Gasteiger partial charge >= 0.3 is 0 Å². The van der Waals surface area contributed by atoms with Crippen LogP contribution in [0.25, 0.3) is 17.0 Å². The van der Waals surface area contributed by atoms with Gasteiger partial charge in [0.05, 0.1) is 12.3 Å². The molecule has 0 aliphatic rings. The molecule has 0 fully saturated rings. The minimum Gasteiger partial charge on any atom is -0.377 e. The fourth-order valence-electron chi connectivity index (χ4n) is 2.76. The molecule has 4 rings (SSSR count). The highest BCUT2D eigenvalue weighted by Crippen LogP contribution is 2.24. The summed E-state index contributed by atoms with van der Waals surface area (Å²) in [5.41, 5.74) is 3.96. The van der Waals surface area contributed by atoms with Crippen molar-refractivity contribution < 1.29 is 4.74 Å². The molecule has 0 unspecified atom stereocenters. The Morgan fingerprint density at radius 3 is 2.77 bits per heavy atom. The van der Waals surface area contributed by atoms with Crippen LogP contribution >= 0.6 is 0 Å². The van der Waals surface area contributed by atoms with Crippen LogP contribution in [0.1, 0.15) is 12.5 Å². The maximum absolute atomic E-state index is 5.49. The van der Waals surface area contributed by atoms with Gasteiger partial charge in [-0.15, -0.1) is 0 Å². The third-order valence-corrected chi connectivity index (χ3v) is 3.99. The molecular formula is C20H19N5O. The summed E-state index contributed by atoms with van der Waals surface area (Å²) in [5, 5.41) is 7.70. The van der Waals surface area contributed by atoms with Gasteiger partial charge in [-0.1, -0.05) is 42.5 Å². The van der Waals surface area contributed by atoms with Gasteiger partial charge in [-0.25, -0.2) is 4.98 Å². The first-order valence-corrected chi connectivity index (χ1v) is 8.53. The maximum atomic E-state index is 5.49. The molecule has 0 spiro atoms. The van der Waals surface area contributed by atoms with Crippen LogP contribution in [0.5, 0.6) is 0 Å². The lowest BCUT2D eigenvalue weighted by atomic mass is 10.1. The monoisotopic (exact) mass is 345 g/mol. The first kappa shape index (κ1) is 16.2. The van der Waals surface area contributed by atoms with Crippen LogP contribution in [0.4, 0.5) is 11.5 Å². The average Bonchev–Trinajstić information content (AvgIpc) is 3.16. The number of hydrogen-bond donors (Lipinski definition) is 1. The zero-order valence-corrected chi connectivity index (χ0v) is 14.5. The number of nitrogens with zero attached hydrogens (tertiary/aromatic N) is 4. The summed E-state index contributed by atoms with van der Waals surface area (Å²) in [6.45, 7) is 3.28. The summed E-state index contributed by atoms with van der Waals surface area (Å²) in [5.74, 6) is 1.36. The Morgan fingerprint density at radius 2 is 1.92 bits per heavy atom. The van der Waals surface area contributed by atoms with Gasteiger partial charge in [0.2, 0.25) is 0 Å². The molecular weight excluding hydrogens is 326 g/mol. The summed E-state index contributed by atoms with van der Waals surface area (Å²) in [7, 11) is 0. The normalized spacial score (nSPS) is 11.0. The van der Waals surface area contributed by atoms with Gasteiger partial charge in [-0.2, -0.15) is 14.6 Å². The van der Waals surface area contributed by atoms with Gasteiger partial charge in [-0.05, 0) is 24.6 Å². The van der Waals surface area contributed by atoms with Crippen molar-refractivity contribution in [3.05, 3.63) is 72.6 Å². The Kier molecular flexibility index (Phi) is 4.57. The van der Waals surface area contributed by atoms with Crippen LogP contribution in [-0.4, -0.2) is 26.2 Å². The molecule has 2 heterocycles. The minimum atomic E-state index is 0.555. The van der Waals surface area contributed by atoms with Crippen molar-refractivity contribution in [2.75, 3.05) is 11.9 Å². The Hall–Kier alpha value is -3.25. The third-order valence-electron chi connectivity index (χ3n) is 3.99. The van der Waals surface area contributed by atoms with E-state index in [0.29, 0.717) is 19.0 Å². The molecule has 0 saturated heterocycles. The average molecular weight is 345 g/mol. The SMILES string of the molecule is CCOCc1cccc(Nc2cc(-c3ccccc3)nc3ncnn23)c1. The van der Waals surface area contributed by atoms with E-state index in [4.69, 9.17) is 4.74 Å². The third kappa shape index (κ3) is 3.41. The summed E-state index contributed by atoms with van der Waals surface area (Å²) in [6, 6.07) is 20.2. The fourth-order valence-corrected chi connectivity index (χ4v) is 2.76.